The second-order valence-electron chi connectivity index (χ2n) is 6.94. The molecule has 150 valence electrons. The summed E-state index contributed by atoms with van der Waals surface area (Å²) in [5, 5.41) is 0. The van der Waals surface area contributed by atoms with Crippen LogP contribution in [0.25, 0.3) is 0 Å². The van der Waals surface area contributed by atoms with Gasteiger partial charge in [-0.1, -0.05) is 103 Å². The molecule has 0 saturated carbocycles. The smallest absolute Gasteiger partial charge is 0.459 e. The Morgan fingerprint density at radius 3 is 1.28 bits per heavy atom. The first-order valence-corrected chi connectivity index (χ1v) is 10.2. The molecule has 0 fully saturated rings. The zero-order chi connectivity index (χ0) is 18.8. The Hall–Kier alpha value is -0.740. The van der Waals surface area contributed by atoms with Gasteiger partial charge in [0.15, 0.2) is 0 Å². The van der Waals surface area contributed by atoms with Crippen molar-refractivity contribution in [1.82, 2.24) is 0 Å². The van der Waals surface area contributed by atoms with Gasteiger partial charge in [0, 0.05) is 0 Å². The number of hydrogen-bond donors (Lipinski definition) is 0. The SMILES string of the molecule is CCCCCCCCCCCCCCCCCCOC(=O)C(F)(F)F. The van der Waals surface area contributed by atoms with Crippen LogP contribution in [0.2, 0.25) is 0 Å². The first-order chi connectivity index (χ1) is 12.0. The van der Waals surface area contributed by atoms with E-state index in [1.165, 1.54) is 77.0 Å². The molecule has 0 aromatic rings. The maximum Gasteiger partial charge on any atom is 0.490 e. The van der Waals surface area contributed by atoms with Crippen LogP contribution in [0.3, 0.4) is 0 Å². The number of carbonyl (C=O) groups excluding carboxylic acids is 1. The van der Waals surface area contributed by atoms with E-state index in [4.69, 9.17) is 0 Å². The molecule has 0 atom stereocenters. The highest BCUT2D eigenvalue weighted by atomic mass is 19.4. The van der Waals surface area contributed by atoms with Gasteiger partial charge in [-0.15, -0.1) is 0 Å². The molecular formula is C20H37F3O2. The quantitative estimate of drug-likeness (QED) is 0.199. The minimum Gasteiger partial charge on any atom is -0.459 e. The lowest BCUT2D eigenvalue weighted by atomic mass is 10.0. The van der Waals surface area contributed by atoms with Crippen LogP contribution in [-0.2, 0) is 9.53 Å². The van der Waals surface area contributed by atoms with Gasteiger partial charge in [-0.25, -0.2) is 4.79 Å². The number of rotatable bonds is 17. The third-order valence-corrected chi connectivity index (χ3v) is 4.46. The summed E-state index contributed by atoms with van der Waals surface area (Å²) in [6.45, 7) is 2.12. The molecule has 2 nitrogen and oxygen atoms in total. The van der Waals surface area contributed by atoms with Gasteiger partial charge in [-0.3, -0.25) is 0 Å². The Balaban J connectivity index is 3.11. The van der Waals surface area contributed by atoms with Crippen molar-refractivity contribution in [1.29, 1.82) is 0 Å². The molecular weight excluding hydrogens is 329 g/mol. The largest absolute Gasteiger partial charge is 0.490 e. The van der Waals surface area contributed by atoms with E-state index in [9.17, 15) is 18.0 Å². The highest BCUT2D eigenvalue weighted by Gasteiger charge is 2.40. The van der Waals surface area contributed by atoms with Crippen molar-refractivity contribution in [2.75, 3.05) is 6.61 Å². The zero-order valence-corrected chi connectivity index (χ0v) is 16.0. The number of halogens is 3. The van der Waals surface area contributed by atoms with E-state index in [1.807, 2.05) is 0 Å². The van der Waals surface area contributed by atoms with Crippen LogP contribution in [-0.4, -0.2) is 18.8 Å². The van der Waals surface area contributed by atoms with Crippen LogP contribution in [0, 0.1) is 0 Å². The Bertz CT molecular complexity index is 304. The van der Waals surface area contributed by atoms with E-state index >= 15 is 0 Å². The lowest BCUT2D eigenvalue weighted by molar-refractivity contribution is -0.199. The van der Waals surface area contributed by atoms with Gasteiger partial charge in [0.25, 0.3) is 0 Å². The predicted octanol–water partition coefficient (Wildman–Crippen LogP) is 7.35. The van der Waals surface area contributed by atoms with E-state index in [0.717, 1.165) is 19.3 Å². The maximum atomic E-state index is 11.9. The average molecular weight is 367 g/mol. The molecule has 25 heavy (non-hydrogen) atoms. The molecule has 0 spiro atoms. The van der Waals surface area contributed by atoms with Crippen LogP contribution in [0.4, 0.5) is 13.2 Å². The number of esters is 1. The van der Waals surface area contributed by atoms with Crippen molar-refractivity contribution in [2.24, 2.45) is 0 Å². The molecule has 0 saturated heterocycles. The fourth-order valence-electron chi connectivity index (χ4n) is 2.90. The van der Waals surface area contributed by atoms with Crippen molar-refractivity contribution >= 4 is 5.97 Å². The molecule has 0 aromatic carbocycles. The van der Waals surface area contributed by atoms with Crippen molar-refractivity contribution in [3.63, 3.8) is 0 Å². The molecule has 0 heterocycles. The number of hydrogen-bond acceptors (Lipinski definition) is 2. The fraction of sp³-hybridized carbons (Fsp3) is 0.950. The summed E-state index contributed by atoms with van der Waals surface area (Å²) in [5.74, 6) is -2.08. The van der Waals surface area contributed by atoms with Gasteiger partial charge >= 0.3 is 12.1 Å². The second kappa shape index (κ2) is 16.7. The summed E-state index contributed by atoms with van der Waals surface area (Å²) in [6.07, 6.45) is 14.6. The molecule has 0 aliphatic carbocycles. The van der Waals surface area contributed by atoms with Gasteiger partial charge in [0.2, 0.25) is 0 Å². The van der Waals surface area contributed by atoms with Crippen LogP contribution < -0.4 is 0 Å². The normalized spacial score (nSPS) is 11.7. The maximum absolute atomic E-state index is 11.9. The Kier molecular flexibility index (Phi) is 16.2. The van der Waals surface area contributed by atoms with Crippen LogP contribution in [0.5, 0.6) is 0 Å². The van der Waals surface area contributed by atoms with Gasteiger partial charge in [-0.05, 0) is 6.42 Å². The summed E-state index contributed by atoms with van der Waals surface area (Å²) in [7, 11) is 0. The monoisotopic (exact) mass is 366 g/mol. The second-order valence-corrected chi connectivity index (χ2v) is 6.94. The molecule has 0 unspecified atom stereocenters. The molecule has 0 aliphatic heterocycles. The third kappa shape index (κ3) is 17.9. The van der Waals surface area contributed by atoms with Crippen LogP contribution in [0.1, 0.15) is 110 Å². The van der Waals surface area contributed by atoms with Crippen LogP contribution in [0.15, 0.2) is 0 Å². The number of ether oxygens (including phenoxy) is 1. The summed E-state index contributed by atoms with van der Waals surface area (Å²) in [4.78, 5) is 10.5. The van der Waals surface area contributed by atoms with Gasteiger partial charge in [-0.2, -0.15) is 13.2 Å². The molecule has 0 aliphatic rings. The lowest BCUT2D eigenvalue weighted by Gasteiger charge is -2.07. The molecule has 0 N–H and O–H groups in total. The highest BCUT2D eigenvalue weighted by molar-refractivity contribution is 5.75. The fourth-order valence-corrected chi connectivity index (χ4v) is 2.90. The minimum atomic E-state index is -4.87. The third-order valence-electron chi connectivity index (χ3n) is 4.46. The van der Waals surface area contributed by atoms with Gasteiger partial charge < -0.3 is 4.74 Å². The Morgan fingerprint density at radius 2 is 0.960 bits per heavy atom. The number of alkyl halides is 3. The summed E-state index contributed by atoms with van der Waals surface area (Å²) in [5.41, 5.74) is 0. The van der Waals surface area contributed by atoms with Crippen molar-refractivity contribution < 1.29 is 22.7 Å². The number of unbranched alkanes of at least 4 members (excludes halogenated alkanes) is 15. The van der Waals surface area contributed by atoms with Crippen molar-refractivity contribution in [3.8, 4) is 0 Å². The van der Waals surface area contributed by atoms with Gasteiger partial charge in [0.1, 0.15) is 0 Å². The lowest BCUT2D eigenvalue weighted by Crippen LogP contribution is -2.25. The minimum absolute atomic E-state index is 0.128. The van der Waals surface area contributed by atoms with E-state index in [2.05, 4.69) is 11.7 Å². The molecule has 0 bridgehead atoms. The first kappa shape index (κ1) is 24.3. The summed E-state index contributed by atoms with van der Waals surface area (Å²) >= 11 is 0. The van der Waals surface area contributed by atoms with E-state index in [-0.39, 0.29) is 6.61 Å². The summed E-state index contributed by atoms with van der Waals surface area (Å²) < 4.78 is 39.8. The van der Waals surface area contributed by atoms with Gasteiger partial charge in [0.05, 0.1) is 6.61 Å². The molecule has 0 rings (SSSR count). The Labute approximate surface area is 151 Å². The molecule has 0 amide bonds. The van der Waals surface area contributed by atoms with E-state index in [1.54, 1.807) is 0 Å². The molecule has 5 heteroatoms. The highest BCUT2D eigenvalue weighted by Crippen LogP contribution is 2.17. The molecule has 0 radical (unpaired) electrons. The standard InChI is InChI=1S/C20H37F3O2/c1-2-3-4-5-6-7-8-9-10-11-12-13-14-15-16-17-18-25-19(24)20(21,22)23/h2-18H2,1H3. The topological polar surface area (TPSA) is 26.3 Å². The average Bonchev–Trinajstić information content (AvgIpc) is 2.56. The molecule has 0 aromatic heterocycles. The first-order valence-electron chi connectivity index (χ1n) is 10.2. The van der Waals surface area contributed by atoms with E-state index < -0.39 is 12.1 Å². The summed E-state index contributed by atoms with van der Waals surface area (Å²) in [6, 6.07) is 0. The Morgan fingerprint density at radius 1 is 0.640 bits per heavy atom. The van der Waals surface area contributed by atoms with Crippen molar-refractivity contribution in [2.45, 2.75) is 116 Å². The predicted molar refractivity (Wildman–Crippen MR) is 96.6 cm³/mol. The van der Waals surface area contributed by atoms with Crippen molar-refractivity contribution in [3.05, 3.63) is 0 Å². The van der Waals surface area contributed by atoms with E-state index in [0.29, 0.717) is 6.42 Å². The number of carbonyl (C=O) groups is 1. The zero-order valence-electron chi connectivity index (χ0n) is 16.0. The van der Waals surface area contributed by atoms with Crippen LogP contribution >= 0.6 is 0 Å².